The molecule has 4 atom stereocenters. The predicted octanol–water partition coefficient (Wildman–Crippen LogP) is 3.06. The van der Waals surface area contributed by atoms with E-state index in [1.165, 1.54) is 19.3 Å². The first-order valence-electron chi connectivity index (χ1n) is 8.22. The first-order valence-corrected chi connectivity index (χ1v) is 8.97. The maximum Gasteiger partial charge on any atom is 0.237 e. The molecule has 1 aliphatic carbocycles. The zero-order valence-corrected chi connectivity index (χ0v) is 14.4. The number of aliphatic hydroxyl groups is 1. The third kappa shape index (κ3) is 3.82. The fraction of sp³-hybridized carbons (Fsp3) is 0.588. The molecule has 1 aliphatic heterocycles. The van der Waals surface area contributed by atoms with E-state index in [-0.39, 0.29) is 18.5 Å². The number of benzene rings is 1. The number of rotatable bonds is 4. The van der Waals surface area contributed by atoms with E-state index in [1.807, 2.05) is 0 Å². The van der Waals surface area contributed by atoms with E-state index in [0.717, 1.165) is 12.8 Å². The fourth-order valence-electron chi connectivity index (χ4n) is 3.77. The predicted molar refractivity (Wildman–Crippen MR) is 91.7 cm³/mol. The number of hydrogen-bond donors (Lipinski definition) is 3. The summed E-state index contributed by atoms with van der Waals surface area (Å²) in [5.74, 6) is 0.559. The van der Waals surface area contributed by atoms with Crippen LogP contribution in [0.15, 0.2) is 18.2 Å². The minimum absolute atomic E-state index is 0.0540. The molecule has 1 aromatic rings. The molecule has 0 aromatic heterocycles. The molecule has 0 radical (unpaired) electrons. The van der Waals surface area contributed by atoms with E-state index < -0.39 is 6.10 Å². The van der Waals surface area contributed by atoms with E-state index in [1.54, 1.807) is 18.2 Å². The van der Waals surface area contributed by atoms with Crippen molar-refractivity contribution in [1.29, 1.82) is 0 Å². The van der Waals surface area contributed by atoms with Gasteiger partial charge < -0.3 is 15.7 Å². The van der Waals surface area contributed by atoms with Crippen LogP contribution >= 0.6 is 23.2 Å². The van der Waals surface area contributed by atoms with Crippen LogP contribution in [0, 0.1) is 5.92 Å². The van der Waals surface area contributed by atoms with Crippen molar-refractivity contribution in [2.24, 2.45) is 5.92 Å². The zero-order valence-electron chi connectivity index (χ0n) is 12.9. The summed E-state index contributed by atoms with van der Waals surface area (Å²) in [6, 6.07) is 5.40. The molecule has 126 valence electrons. The van der Waals surface area contributed by atoms with Crippen molar-refractivity contribution >= 4 is 29.1 Å². The topological polar surface area (TPSA) is 61.4 Å². The Labute approximate surface area is 146 Å². The minimum atomic E-state index is -0.913. The van der Waals surface area contributed by atoms with Gasteiger partial charge in [-0.05, 0) is 37.3 Å². The lowest BCUT2D eigenvalue weighted by Crippen LogP contribution is -2.44. The van der Waals surface area contributed by atoms with Crippen molar-refractivity contribution < 1.29 is 9.90 Å². The maximum atomic E-state index is 12.3. The van der Waals surface area contributed by atoms with Crippen LogP contribution < -0.4 is 10.6 Å². The molecular formula is C17H22Cl2N2O2. The van der Waals surface area contributed by atoms with Crippen molar-refractivity contribution in [3.05, 3.63) is 33.8 Å². The largest absolute Gasteiger partial charge is 0.386 e. The van der Waals surface area contributed by atoms with Crippen LogP contribution in [0.1, 0.15) is 43.8 Å². The standard InChI is InChI=1S/C17H22Cl2N2O2/c18-11-5-3-6-12(19)16(11)15(22)9-20-17(23)14-8-10-4-1-2-7-13(10)21-14/h3,5-6,10,13-15,21-22H,1-2,4,7-9H2,(H,20,23). The summed E-state index contributed by atoms with van der Waals surface area (Å²) in [5, 5.41) is 17.3. The van der Waals surface area contributed by atoms with Crippen LogP contribution in [0.2, 0.25) is 10.0 Å². The second-order valence-electron chi connectivity index (χ2n) is 6.50. The number of fused-ring (bicyclic) bond motifs is 1. The first kappa shape index (κ1) is 17.0. The number of carbonyl (C=O) groups is 1. The summed E-state index contributed by atoms with van der Waals surface area (Å²) in [5.41, 5.74) is 0.462. The Morgan fingerprint density at radius 3 is 2.70 bits per heavy atom. The summed E-state index contributed by atoms with van der Waals surface area (Å²) in [6.07, 6.45) is 4.85. The molecule has 4 unspecified atom stereocenters. The summed E-state index contributed by atoms with van der Waals surface area (Å²) in [7, 11) is 0. The highest BCUT2D eigenvalue weighted by Crippen LogP contribution is 2.33. The quantitative estimate of drug-likeness (QED) is 0.776. The molecule has 3 rings (SSSR count). The number of carbonyl (C=O) groups excluding carboxylic acids is 1. The molecule has 4 nitrogen and oxygen atoms in total. The number of amides is 1. The fourth-order valence-corrected chi connectivity index (χ4v) is 4.42. The first-order chi connectivity index (χ1) is 11.1. The van der Waals surface area contributed by atoms with Gasteiger partial charge in [0, 0.05) is 28.2 Å². The van der Waals surface area contributed by atoms with Gasteiger partial charge in [-0.3, -0.25) is 4.79 Å². The molecule has 0 bridgehead atoms. The SMILES string of the molecule is O=C(NCC(O)c1c(Cl)cccc1Cl)C1CC2CCCCC2N1. The zero-order chi connectivity index (χ0) is 16.4. The van der Waals surface area contributed by atoms with Gasteiger partial charge in [0.05, 0.1) is 12.1 Å². The molecule has 1 heterocycles. The van der Waals surface area contributed by atoms with E-state index in [0.29, 0.717) is 27.6 Å². The van der Waals surface area contributed by atoms with Gasteiger partial charge in [0.2, 0.25) is 5.91 Å². The van der Waals surface area contributed by atoms with Crippen molar-refractivity contribution in [2.45, 2.75) is 50.3 Å². The Balaban J connectivity index is 1.55. The molecule has 2 aliphatic rings. The molecule has 1 aromatic carbocycles. The molecule has 1 amide bonds. The second kappa shape index (κ2) is 7.39. The van der Waals surface area contributed by atoms with E-state index in [4.69, 9.17) is 23.2 Å². The molecule has 0 spiro atoms. The third-order valence-corrected chi connectivity index (χ3v) is 5.64. The lowest BCUT2D eigenvalue weighted by Gasteiger charge is -2.24. The van der Waals surface area contributed by atoms with Crippen molar-refractivity contribution in [3.8, 4) is 0 Å². The summed E-state index contributed by atoms with van der Waals surface area (Å²) in [4.78, 5) is 12.3. The molecule has 6 heteroatoms. The number of nitrogens with one attached hydrogen (secondary N) is 2. The normalized spacial score (nSPS) is 28.2. The van der Waals surface area contributed by atoms with Gasteiger partial charge in [-0.1, -0.05) is 42.1 Å². The number of aliphatic hydroxyl groups excluding tert-OH is 1. The lowest BCUT2D eigenvalue weighted by molar-refractivity contribution is -0.123. The van der Waals surface area contributed by atoms with Crippen LogP contribution in [0.4, 0.5) is 0 Å². The van der Waals surface area contributed by atoms with E-state index in [9.17, 15) is 9.90 Å². The average molecular weight is 357 g/mol. The van der Waals surface area contributed by atoms with Crippen molar-refractivity contribution in [1.82, 2.24) is 10.6 Å². The molecular weight excluding hydrogens is 335 g/mol. The Bertz CT molecular complexity index is 547. The van der Waals surface area contributed by atoms with Gasteiger partial charge in [0.1, 0.15) is 0 Å². The Kier molecular flexibility index (Phi) is 5.47. The van der Waals surface area contributed by atoms with Crippen LogP contribution in [0.5, 0.6) is 0 Å². The highest BCUT2D eigenvalue weighted by atomic mass is 35.5. The molecule has 1 saturated carbocycles. The maximum absolute atomic E-state index is 12.3. The summed E-state index contributed by atoms with van der Waals surface area (Å²) in [6.45, 7) is 0.107. The van der Waals surface area contributed by atoms with Crippen LogP contribution in [0.25, 0.3) is 0 Å². The molecule has 2 fully saturated rings. The minimum Gasteiger partial charge on any atom is -0.386 e. The van der Waals surface area contributed by atoms with Gasteiger partial charge >= 0.3 is 0 Å². The molecule has 3 N–H and O–H groups in total. The number of halogens is 2. The van der Waals surface area contributed by atoms with Crippen molar-refractivity contribution in [3.63, 3.8) is 0 Å². The summed E-state index contributed by atoms with van der Waals surface area (Å²) >= 11 is 12.2. The number of hydrogen-bond acceptors (Lipinski definition) is 3. The third-order valence-electron chi connectivity index (χ3n) is 4.98. The monoisotopic (exact) mass is 356 g/mol. The van der Waals surface area contributed by atoms with Crippen LogP contribution in [0.3, 0.4) is 0 Å². The van der Waals surface area contributed by atoms with E-state index in [2.05, 4.69) is 10.6 Å². The highest BCUT2D eigenvalue weighted by molar-refractivity contribution is 6.36. The second-order valence-corrected chi connectivity index (χ2v) is 7.32. The molecule has 23 heavy (non-hydrogen) atoms. The van der Waals surface area contributed by atoms with Gasteiger partial charge in [-0.15, -0.1) is 0 Å². The van der Waals surface area contributed by atoms with Gasteiger partial charge in [0.25, 0.3) is 0 Å². The highest BCUT2D eigenvalue weighted by Gasteiger charge is 2.38. The van der Waals surface area contributed by atoms with Gasteiger partial charge in [-0.25, -0.2) is 0 Å². The summed E-state index contributed by atoms with van der Waals surface area (Å²) < 4.78 is 0. The van der Waals surface area contributed by atoms with Gasteiger partial charge in [-0.2, -0.15) is 0 Å². The Morgan fingerprint density at radius 1 is 1.30 bits per heavy atom. The van der Waals surface area contributed by atoms with Crippen LogP contribution in [-0.4, -0.2) is 29.6 Å². The lowest BCUT2D eigenvalue weighted by atomic mass is 9.85. The van der Waals surface area contributed by atoms with Crippen LogP contribution in [-0.2, 0) is 4.79 Å². The Morgan fingerprint density at radius 2 is 2.00 bits per heavy atom. The van der Waals surface area contributed by atoms with Crippen molar-refractivity contribution in [2.75, 3.05) is 6.54 Å². The van der Waals surface area contributed by atoms with E-state index >= 15 is 0 Å². The molecule has 1 saturated heterocycles. The average Bonchev–Trinajstić information content (AvgIpc) is 2.96. The van der Waals surface area contributed by atoms with Gasteiger partial charge in [0.15, 0.2) is 0 Å². The Hall–Kier alpha value is -0.810. The smallest absolute Gasteiger partial charge is 0.237 e.